The Morgan fingerprint density at radius 2 is 1.90 bits per heavy atom. The van der Waals surface area contributed by atoms with Gasteiger partial charge in [0.05, 0.1) is 6.04 Å². The lowest BCUT2D eigenvalue weighted by Gasteiger charge is -2.37. The number of nitrogens with zero attached hydrogens (tertiary/aromatic N) is 6. The van der Waals surface area contributed by atoms with Gasteiger partial charge >= 0.3 is 6.03 Å². The fraction of sp³-hybridized carbons (Fsp3) is 0.368. The van der Waals surface area contributed by atoms with Crippen molar-refractivity contribution in [1.29, 1.82) is 0 Å². The Hall–Kier alpha value is -2.58. The van der Waals surface area contributed by atoms with E-state index in [1.165, 1.54) is 0 Å². The van der Waals surface area contributed by atoms with Gasteiger partial charge < -0.3 is 15.1 Å². The van der Waals surface area contributed by atoms with Crippen molar-refractivity contribution >= 4 is 40.7 Å². The van der Waals surface area contributed by atoms with Gasteiger partial charge in [-0.1, -0.05) is 23.2 Å². The molecule has 4 heterocycles. The quantitative estimate of drug-likeness (QED) is 0.688. The zero-order valence-electron chi connectivity index (χ0n) is 15.6. The standard InChI is InChI=1S/C19H19Cl2N7O/c20-13-8-12(9-14(21)10-13)18-24-23-16-3-4-17(25-28(16)18)26-6-1-2-15(11-26)27-7-5-22-19(27)29/h3-4,8-10,15H,1-2,5-7,11H2,(H,22,29). The molecule has 10 heteroatoms. The van der Waals surface area contributed by atoms with E-state index >= 15 is 0 Å². The first-order valence-electron chi connectivity index (χ1n) is 9.57. The van der Waals surface area contributed by atoms with E-state index in [1.54, 1.807) is 22.7 Å². The van der Waals surface area contributed by atoms with E-state index in [-0.39, 0.29) is 12.1 Å². The molecule has 2 fully saturated rings. The number of piperidine rings is 1. The van der Waals surface area contributed by atoms with Crippen LogP contribution in [-0.4, -0.2) is 63.0 Å². The molecule has 1 aromatic carbocycles. The van der Waals surface area contributed by atoms with Gasteiger partial charge in [0.15, 0.2) is 11.5 Å². The third-order valence-electron chi connectivity index (χ3n) is 5.42. The lowest BCUT2D eigenvalue weighted by atomic mass is 10.0. The number of nitrogens with one attached hydrogen (secondary N) is 1. The maximum absolute atomic E-state index is 12.1. The minimum atomic E-state index is 0.0270. The van der Waals surface area contributed by atoms with Gasteiger partial charge in [-0.05, 0) is 43.2 Å². The molecule has 0 spiro atoms. The summed E-state index contributed by atoms with van der Waals surface area (Å²) in [6, 6.07) is 9.33. The number of anilines is 1. The minimum Gasteiger partial charge on any atom is -0.353 e. The second-order valence-corrected chi connectivity index (χ2v) is 8.18. The summed E-state index contributed by atoms with van der Waals surface area (Å²) in [5.41, 5.74) is 1.40. The Morgan fingerprint density at radius 1 is 1.07 bits per heavy atom. The van der Waals surface area contributed by atoms with Crippen LogP contribution in [0.1, 0.15) is 12.8 Å². The van der Waals surface area contributed by atoms with Crippen LogP contribution in [0, 0.1) is 0 Å². The minimum absolute atomic E-state index is 0.0270. The summed E-state index contributed by atoms with van der Waals surface area (Å²) in [5, 5.41) is 17.2. The largest absolute Gasteiger partial charge is 0.353 e. The Labute approximate surface area is 177 Å². The van der Waals surface area contributed by atoms with Crippen LogP contribution >= 0.6 is 23.2 Å². The van der Waals surface area contributed by atoms with Crippen LogP contribution in [0.25, 0.3) is 17.0 Å². The normalized spacial score (nSPS) is 19.8. The zero-order valence-corrected chi connectivity index (χ0v) is 17.1. The number of hydrogen-bond acceptors (Lipinski definition) is 5. The molecular weight excluding hydrogens is 413 g/mol. The summed E-state index contributed by atoms with van der Waals surface area (Å²) in [6.45, 7) is 3.12. The van der Waals surface area contributed by atoms with Crippen molar-refractivity contribution in [2.45, 2.75) is 18.9 Å². The van der Waals surface area contributed by atoms with Crippen molar-refractivity contribution in [3.8, 4) is 11.4 Å². The first kappa shape index (κ1) is 18.4. The van der Waals surface area contributed by atoms with Gasteiger partial charge in [-0.3, -0.25) is 0 Å². The molecule has 29 heavy (non-hydrogen) atoms. The van der Waals surface area contributed by atoms with Crippen LogP contribution in [0.4, 0.5) is 10.6 Å². The summed E-state index contributed by atoms with van der Waals surface area (Å²) in [4.78, 5) is 16.2. The van der Waals surface area contributed by atoms with Gasteiger partial charge in [-0.2, -0.15) is 4.52 Å². The maximum Gasteiger partial charge on any atom is 0.317 e. The van der Waals surface area contributed by atoms with E-state index in [1.807, 2.05) is 17.0 Å². The number of carbonyl (C=O) groups excluding carboxylic acids is 1. The second-order valence-electron chi connectivity index (χ2n) is 7.31. The van der Waals surface area contributed by atoms with E-state index in [0.29, 0.717) is 28.1 Å². The van der Waals surface area contributed by atoms with Crippen LogP contribution < -0.4 is 10.2 Å². The molecule has 1 atom stereocenters. The summed E-state index contributed by atoms with van der Waals surface area (Å²) in [6.07, 6.45) is 2.01. The van der Waals surface area contributed by atoms with Gasteiger partial charge in [0.1, 0.15) is 5.82 Å². The van der Waals surface area contributed by atoms with E-state index in [0.717, 1.165) is 43.9 Å². The van der Waals surface area contributed by atoms with Crippen molar-refractivity contribution < 1.29 is 4.79 Å². The third kappa shape index (κ3) is 3.47. The smallest absolute Gasteiger partial charge is 0.317 e. The summed E-state index contributed by atoms with van der Waals surface area (Å²) >= 11 is 12.3. The molecule has 3 aromatic rings. The van der Waals surface area contributed by atoms with Crippen molar-refractivity contribution in [3.63, 3.8) is 0 Å². The lowest BCUT2D eigenvalue weighted by Crippen LogP contribution is -2.49. The number of hydrogen-bond donors (Lipinski definition) is 1. The molecule has 2 aromatic heterocycles. The van der Waals surface area contributed by atoms with Gasteiger partial charge in [-0.25, -0.2) is 4.79 Å². The average Bonchev–Trinajstić information content (AvgIpc) is 3.33. The van der Waals surface area contributed by atoms with Crippen molar-refractivity contribution in [3.05, 3.63) is 40.4 Å². The molecule has 8 nitrogen and oxygen atoms in total. The predicted octanol–water partition coefficient (Wildman–Crippen LogP) is 3.09. The molecular formula is C19H19Cl2N7O. The number of fused-ring (bicyclic) bond motifs is 1. The summed E-state index contributed by atoms with van der Waals surface area (Å²) < 4.78 is 1.71. The highest BCUT2D eigenvalue weighted by molar-refractivity contribution is 6.35. The number of benzene rings is 1. The van der Waals surface area contributed by atoms with Crippen LogP contribution in [0.5, 0.6) is 0 Å². The highest BCUT2D eigenvalue weighted by Gasteiger charge is 2.31. The van der Waals surface area contributed by atoms with Gasteiger partial charge in [0, 0.05) is 41.8 Å². The number of carbonyl (C=O) groups is 1. The maximum atomic E-state index is 12.1. The number of halogens is 2. The molecule has 2 aliphatic rings. The van der Waals surface area contributed by atoms with E-state index in [9.17, 15) is 4.79 Å². The van der Waals surface area contributed by atoms with E-state index in [4.69, 9.17) is 28.3 Å². The number of amides is 2. The first-order chi connectivity index (χ1) is 14.1. The van der Waals surface area contributed by atoms with Crippen LogP contribution in [-0.2, 0) is 0 Å². The van der Waals surface area contributed by atoms with Crippen molar-refractivity contribution in [2.24, 2.45) is 0 Å². The molecule has 0 bridgehead atoms. The highest BCUT2D eigenvalue weighted by atomic mass is 35.5. The number of aromatic nitrogens is 4. The fourth-order valence-corrected chi connectivity index (χ4v) is 4.59. The second kappa shape index (κ2) is 7.35. The number of urea groups is 1. The van der Waals surface area contributed by atoms with Crippen LogP contribution in [0.2, 0.25) is 10.0 Å². The average molecular weight is 432 g/mol. The molecule has 150 valence electrons. The van der Waals surface area contributed by atoms with Crippen LogP contribution in [0.15, 0.2) is 30.3 Å². The molecule has 5 rings (SSSR count). The van der Waals surface area contributed by atoms with E-state index in [2.05, 4.69) is 20.4 Å². The molecule has 0 radical (unpaired) electrons. The molecule has 2 aliphatic heterocycles. The molecule has 1 N–H and O–H groups in total. The van der Waals surface area contributed by atoms with Crippen molar-refractivity contribution in [1.82, 2.24) is 30.0 Å². The summed E-state index contributed by atoms with van der Waals surface area (Å²) in [5.74, 6) is 1.41. The zero-order chi connectivity index (χ0) is 20.0. The lowest BCUT2D eigenvalue weighted by molar-refractivity contribution is 0.189. The van der Waals surface area contributed by atoms with Gasteiger partial charge in [0.2, 0.25) is 0 Å². The monoisotopic (exact) mass is 431 g/mol. The predicted molar refractivity (Wildman–Crippen MR) is 112 cm³/mol. The highest BCUT2D eigenvalue weighted by Crippen LogP contribution is 2.27. The van der Waals surface area contributed by atoms with Crippen LogP contribution in [0.3, 0.4) is 0 Å². The molecule has 2 saturated heterocycles. The van der Waals surface area contributed by atoms with Gasteiger partial charge in [-0.15, -0.1) is 15.3 Å². The first-order valence-corrected chi connectivity index (χ1v) is 10.3. The molecule has 1 unspecified atom stereocenters. The Bertz CT molecular complexity index is 1070. The molecule has 0 saturated carbocycles. The van der Waals surface area contributed by atoms with E-state index < -0.39 is 0 Å². The fourth-order valence-electron chi connectivity index (χ4n) is 4.06. The Kier molecular flexibility index (Phi) is 4.67. The number of rotatable bonds is 3. The Morgan fingerprint density at radius 3 is 2.66 bits per heavy atom. The summed E-state index contributed by atoms with van der Waals surface area (Å²) in [7, 11) is 0. The SMILES string of the molecule is O=C1NCCN1C1CCCN(c2ccc3nnc(-c4cc(Cl)cc(Cl)c4)n3n2)C1. The molecule has 2 amide bonds. The Balaban J connectivity index is 1.47. The van der Waals surface area contributed by atoms with Gasteiger partial charge in [0.25, 0.3) is 0 Å². The topological polar surface area (TPSA) is 78.7 Å². The third-order valence-corrected chi connectivity index (χ3v) is 5.86. The van der Waals surface area contributed by atoms with Crippen molar-refractivity contribution in [2.75, 3.05) is 31.1 Å². The molecule has 0 aliphatic carbocycles.